The van der Waals surface area contributed by atoms with Gasteiger partial charge >= 0.3 is 0 Å². The van der Waals surface area contributed by atoms with E-state index in [9.17, 15) is 0 Å². The first-order chi connectivity index (χ1) is 7.33. The summed E-state index contributed by atoms with van der Waals surface area (Å²) in [4.78, 5) is 0. The van der Waals surface area contributed by atoms with Gasteiger partial charge in [0.1, 0.15) is 5.75 Å². The lowest BCUT2D eigenvalue weighted by Gasteiger charge is -2.14. The van der Waals surface area contributed by atoms with Gasteiger partial charge in [0.2, 0.25) is 0 Å². The van der Waals surface area contributed by atoms with Gasteiger partial charge in [0.05, 0.1) is 6.61 Å². The SMILES string of the molecule is CCCCC(N)c1cccc2c1OCC2. The van der Waals surface area contributed by atoms with E-state index in [0.29, 0.717) is 0 Å². The third-order valence-electron chi connectivity index (χ3n) is 3.01. The predicted octanol–water partition coefficient (Wildman–Crippen LogP) is 2.81. The van der Waals surface area contributed by atoms with Gasteiger partial charge in [-0.05, 0) is 12.0 Å². The molecule has 2 rings (SSSR count). The van der Waals surface area contributed by atoms with Crippen molar-refractivity contribution in [2.75, 3.05) is 6.61 Å². The number of hydrogen-bond donors (Lipinski definition) is 1. The minimum Gasteiger partial charge on any atom is -0.493 e. The maximum Gasteiger partial charge on any atom is 0.127 e. The number of rotatable bonds is 4. The number of benzene rings is 1. The van der Waals surface area contributed by atoms with Crippen molar-refractivity contribution in [3.05, 3.63) is 29.3 Å². The Balaban J connectivity index is 2.17. The number of ether oxygens (including phenoxy) is 1. The number of para-hydroxylation sites is 1. The van der Waals surface area contributed by atoms with Gasteiger partial charge in [-0.15, -0.1) is 0 Å². The normalized spacial score (nSPS) is 15.9. The second-order valence-corrected chi connectivity index (χ2v) is 4.18. The van der Waals surface area contributed by atoms with Gasteiger partial charge in [0.25, 0.3) is 0 Å². The number of nitrogens with two attached hydrogens (primary N) is 1. The minimum absolute atomic E-state index is 0.137. The molecule has 0 aromatic heterocycles. The Bertz CT molecular complexity index is 335. The Labute approximate surface area is 91.4 Å². The van der Waals surface area contributed by atoms with Crippen LogP contribution in [0.15, 0.2) is 18.2 Å². The van der Waals surface area contributed by atoms with Gasteiger partial charge in [-0.1, -0.05) is 38.0 Å². The Morgan fingerprint density at radius 2 is 2.33 bits per heavy atom. The van der Waals surface area contributed by atoms with Gasteiger partial charge < -0.3 is 10.5 Å². The van der Waals surface area contributed by atoms with Crippen LogP contribution in [0.3, 0.4) is 0 Å². The van der Waals surface area contributed by atoms with E-state index >= 15 is 0 Å². The van der Waals surface area contributed by atoms with E-state index in [2.05, 4.69) is 25.1 Å². The molecule has 1 aliphatic heterocycles. The maximum atomic E-state index is 6.17. The van der Waals surface area contributed by atoms with Crippen LogP contribution in [-0.2, 0) is 6.42 Å². The summed E-state index contributed by atoms with van der Waals surface area (Å²) in [5.41, 5.74) is 8.69. The summed E-state index contributed by atoms with van der Waals surface area (Å²) in [6.07, 6.45) is 4.47. The Morgan fingerprint density at radius 3 is 3.13 bits per heavy atom. The van der Waals surface area contributed by atoms with E-state index in [-0.39, 0.29) is 6.04 Å². The Hall–Kier alpha value is -1.02. The molecular weight excluding hydrogens is 186 g/mol. The highest BCUT2D eigenvalue weighted by molar-refractivity contribution is 5.45. The molecule has 1 aromatic carbocycles. The van der Waals surface area contributed by atoms with Gasteiger partial charge in [0.15, 0.2) is 0 Å². The van der Waals surface area contributed by atoms with Crippen molar-refractivity contribution in [2.45, 2.75) is 38.6 Å². The van der Waals surface area contributed by atoms with Crippen LogP contribution < -0.4 is 10.5 Å². The molecule has 82 valence electrons. The molecule has 2 nitrogen and oxygen atoms in total. The van der Waals surface area contributed by atoms with Crippen molar-refractivity contribution in [2.24, 2.45) is 5.73 Å². The van der Waals surface area contributed by atoms with Crippen molar-refractivity contribution in [1.29, 1.82) is 0 Å². The summed E-state index contributed by atoms with van der Waals surface area (Å²) in [5, 5.41) is 0. The van der Waals surface area contributed by atoms with E-state index in [4.69, 9.17) is 10.5 Å². The third kappa shape index (κ3) is 2.15. The summed E-state index contributed by atoms with van der Waals surface area (Å²) in [6, 6.07) is 6.47. The lowest BCUT2D eigenvalue weighted by molar-refractivity contribution is 0.350. The molecule has 1 aromatic rings. The maximum absolute atomic E-state index is 6.17. The zero-order valence-electron chi connectivity index (χ0n) is 9.33. The molecule has 0 aliphatic carbocycles. The van der Waals surface area contributed by atoms with E-state index in [1.54, 1.807) is 0 Å². The number of unbranched alkanes of at least 4 members (excludes halogenated alkanes) is 1. The zero-order valence-corrected chi connectivity index (χ0v) is 9.33. The molecule has 2 N–H and O–H groups in total. The molecule has 15 heavy (non-hydrogen) atoms. The summed E-state index contributed by atoms with van der Waals surface area (Å²) in [6.45, 7) is 3.01. The molecule has 0 saturated heterocycles. The van der Waals surface area contributed by atoms with Crippen LogP contribution in [-0.4, -0.2) is 6.61 Å². The molecular formula is C13H19NO. The van der Waals surface area contributed by atoms with Crippen LogP contribution in [0.4, 0.5) is 0 Å². The molecule has 1 aliphatic rings. The number of fused-ring (bicyclic) bond motifs is 1. The minimum atomic E-state index is 0.137. The van der Waals surface area contributed by atoms with E-state index in [0.717, 1.165) is 25.2 Å². The molecule has 0 bridgehead atoms. The Kier molecular flexibility index (Phi) is 3.27. The fourth-order valence-electron chi connectivity index (χ4n) is 2.11. The molecule has 0 spiro atoms. The standard InChI is InChI=1S/C13H19NO/c1-2-3-7-12(14)11-6-4-5-10-8-9-15-13(10)11/h4-6,12H,2-3,7-9,14H2,1H3. The van der Waals surface area contributed by atoms with Crippen LogP contribution in [0.1, 0.15) is 43.4 Å². The summed E-state index contributed by atoms with van der Waals surface area (Å²) < 4.78 is 5.65. The predicted molar refractivity (Wildman–Crippen MR) is 62.1 cm³/mol. The van der Waals surface area contributed by atoms with Crippen molar-refractivity contribution in [3.8, 4) is 5.75 Å². The molecule has 0 fully saturated rings. The van der Waals surface area contributed by atoms with Crippen molar-refractivity contribution in [1.82, 2.24) is 0 Å². The van der Waals surface area contributed by atoms with Crippen LogP contribution in [0.25, 0.3) is 0 Å². The van der Waals surface area contributed by atoms with Crippen LogP contribution in [0, 0.1) is 0 Å². The van der Waals surface area contributed by atoms with E-state index in [1.807, 2.05) is 0 Å². The van der Waals surface area contributed by atoms with Crippen LogP contribution in [0.2, 0.25) is 0 Å². The van der Waals surface area contributed by atoms with Gasteiger partial charge in [0, 0.05) is 18.0 Å². The number of hydrogen-bond acceptors (Lipinski definition) is 2. The highest BCUT2D eigenvalue weighted by Gasteiger charge is 2.19. The van der Waals surface area contributed by atoms with Crippen molar-refractivity contribution < 1.29 is 4.74 Å². The lowest BCUT2D eigenvalue weighted by atomic mass is 9.98. The van der Waals surface area contributed by atoms with E-state index < -0.39 is 0 Å². The highest BCUT2D eigenvalue weighted by Crippen LogP contribution is 2.34. The highest BCUT2D eigenvalue weighted by atomic mass is 16.5. The summed E-state index contributed by atoms with van der Waals surface area (Å²) in [7, 11) is 0. The van der Waals surface area contributed by atoms with Crippen LogP contribution >= 0.6 is 0 Å². The Morgan fingerprint density at radius 1 is 1.47 bits per heavy atom. The monoisotopic (exact) mass is 205 g/mol. The molecule has 2 heteroatoms. The first kappa shape index (κ1) is 10.5. The van der Waals surface area contributed by atoms with Crippen LogP contribution in [0.5, 0.6) is 5.75 Å². The largest absolute Gasteiger partial charge is 0.493 e. The fraction of sp³-hybridized carbons (Fsp3) is 0.538. The lowest BCUT2D eigenvalue weighted by Crippen LogP contribution is -2.11. The second kappa shape index (κ2) is 4.67. The van der Waals surface area contributed by atoms with Crippen molar-refractivity contribution in [3.63, 3.8) is 0 Å². The first-order valence-corrected chi connectivity index (χ1v) is 5.83. The van der Waals surface area contributed by atoms with Gasteiger partial charge in [-0.25, -0.2) is 0 Å². The first-order valence-electron chi connectivity index (χ1n) is 5.83. The molecule has 0 saturated carbocycles. The molecule has 0 amide bonds. The summed E-state index contributed by atoms with van der Waals surface area (Å²) in [5.74, 6) is 1.06. The average molecular weight is 205 g/mol. The topological polar surface area (TPSA) is 35.2 Å². The zero-order chi connectivity index (χ0) is 10.7. The van der Waals surface area contributed by atoms with E-state index in [1.165, 1.54) is 24.0 Å². The third-order valence-corrected chi connectivity index (χ3v) is 3.01. The average Bonchev–Trinajstić information content (AvgIpc) is 2.73. The smallest absolute Gasteiger partial charge is 0.127 e. The van der Waals surface area contributed by atoms with Gasteiger partial charge in [-0.2, -0.15) is 0 Å². The molecule has 0 radical (unpaired) electrons. The molecule has 1 unspecified atom stereocenters. The fourth-order valence-corrected chi connectivity index (χ4v) is 2.11. The molecule has 1 heterocycles. The quantitative estimate of drug-likeness (QED) is 0.820. The van der Waals surface area contributed by atoms with Gasteiger partial charge in [-0.3, -0.25) is 0 Å². The second-order valence-electron chi connectivity index (χ2n) is 4.18. The van der Waals surface area contributed by atoms with Crippen molar-refractivity contribution >= 4 is 0 Å². The molecule has 1 atom stereocenters. The summed E-state index contributed by atoms with van der Waals surface area (Å²) >= 11 is 0.